The molecule has 2 rings (SSSR count). The highest BCUT2D eigenvalue weighted by Gasteiger charge is 2.17. The number of rotatable bonds is 7. The van der Waals surface area contributed by atoms with Gasteiger partial charge >= 0.3 is 0 Å². The first-order chi connectivity index (χ1) is 13.3. The Balaban J connectivity index is 1.98. The molecular formula is C18H17BrN4O5. The van der Waals surface area contributed by atoms with Crippen molar-refractivity contribution in [1.29, 1.82) is 0 Å². The molecule has 0 saturated carbocycles. The summed E-state index contributed by atoms with van der Waals surface area (Å²) in [5.41, 5.74) is 2.87. The maximum absolute atomic E-state index is 12.1. The van der Waals surface area contributed by atoms with E-state index in [0.29, 0.717) is 17.0 Å². The summed E-state index contributed by atoms with van der Waals surface area (Å²) in [6, 6.07) is 10.8. The van der Waals surface area contributed by atoms with E-state index in [1.807, 2.05) is 0 Å². The fraction of sp³-hybridized carbons (Fsp3) is 0.167. The van der Waals surface area contributed by atoms with Gasteiger partial charge in [-0.25, -0.2) is 5.43 Å². The summed E-state index contributed by atoms with van der Waals surface area (Å²) in [5, 5.41) is 17.5. The number of nitrogens with zero attached hydrogens (tertiary/aromatic N) is 2. The molecule has 0 atom stereocenters. The van der Waals surface area contributed by atoms with Crippen LogP contribution in [0.5, 0.6) is 5.75 Å². The van der Waals surface area contributed by atoms with Crippen LogP contribution in [0.3, 0.4) is 0 Å². The maximum atomic E-state index is 12.1. The number of hydrogen-bond acceptors (Lipinski definition) is 6. The summed E-state index contributed by atoms with van der Waals surface area (Å²) in [6.07, 6.45) is -0.149. The number of carbonyl (C=O) groups excluding carboxylic acids is 2. The minimum Gasteiger partial charge on any atom is -0.496 e. The summed E-state index contributed by atoms with van der Waals surface area (Å²) < 4.78 is 5.79. The number of methoxy groups -OCH3 is 1. The summed E-state index contributed by atoms with van der Waals surface area (Å²) in [4.78, 5) is 34.7. The number of hydrazone groups is 1. The highest BCUT2D eigenvalue weighted by Crippen LogP contribution is 2.29. The van der Waals surface area contributed by atoms with Crippen molar-refractivity contribution >= 4 is 44.8 Å². The molecule has 2 aromatic rings. The van der Waals surface area contributed by atoms with Gasteiger partial charge in [0.05, 0.1) is 24.5 Å². The number of nitrogens with one attached hydrogen (secondary N) is 2. The van der Waals surface area contributed by atoms with E-state index in [1.54, 1.807) is 31.2 Å². The van der Waals surface area contributed by atoms with E-state index in [0.717, 1.165) is 4.47 Å². The molecule has 0 radical (unpaired) electrons. The number of amides is 2. The molecule has 0 aliphatic carbocycles. The number of halogens is 1. The van der Waals surface area contributed by atoms with Crippen molar-refractivity contribution in [3.05, 3.63) is 62.6 Å². The molecule has 28 heavy (non-hydrogen) atoms. The Labute approximate surface area is 169 Å². The van der Waals surface area contributed by atoms with Crippen LogP contribution in [0.4, 0.5) is 11.4 Å². The van der Waals surface area contributed by atoms with E-state index >= 15 is 0 Å². The van der Waals surface area contributed by atoms with Crippen molar-refractivity contribution in [2.45, 2.75) is 13.3 Å². The third-order valence-corrected chi connectivity index (χ3v) is 4.08. The van der Waals surface area contributed by atoms with Gasteiger partial charge in [-0.15, -0.1) is 0 Å². The van der Waals surface area contributed by atoms with E-state index in [1.165, 1.54) is 25.3 Å². The lowest BCUT2D eigenvalue weighted by atomic mass is 10.2. The predicted molar refractivity (Wildman–Crippen MR) is 108 cm³/mol. The highest BCUT2D eigenvalue weighted by molar-refractivity contribution is 9.10. The van der Waals surface area contributed by atoms with Gasteiger partial charge < -0.3 is 10.1 Å². The van der Waals surface area contributed by atoms with Crippen molar-refractivity contribution in [1.82, 2.24) is 5.43 Å². The minimum atomic E-state index is -0.614. The third-order valence-electron chi connectivity index (χ3n) is 3.55. The van der Waals surface area contributed by atoms with E-state index in [2.05, 4.69) is 31.8 Å². The summed E-state index contributed by atoms with van der Waals surface area (Å²) >= 11 is 3.28. The topological polar surface area (TPSA) is 123 Å². The van der Waals surface area contributed by atoms with Gasteiger partial charge in [-0.05, 0) is 43.3 Å². The smallest absolute Gasteiger partial charge is 0.296 e. The van der Waals surface area contributed by atoms with E-state index in [9.17, 15) is 19.7 Å². The van der Waals surface area contributed by atoms with Crippen molar-refractivity contribution in [2.24, 2.45) is 5.10 Å². The summed E-state index contributed by atoms with van der Waals surface area (Å²) in [6.45, 7) is 1.56. The molecule has 146 valence electrons. The molecule has 0 unspecified atom stereocenters. The Kier molecular flexibility index (Phi) is 7.21. The van der Waals surface area contributed by atoms with Gasteiger partial charge in [0.15, 0.2) is 0 Å². The molecule has 9 nitrogen and oxygen atoms in total. The number of nitro benzene ring substituents is 1. The number of carbonyl (C=O) groups is 2. The molecule has 0 saturated heterocycles. The van der Waals surface area contributed by atoms with E-state index in [-0.39, 0.29) is 17.8 Å². The van der Waals surface area contributed by atoms with Crippen LogP contribution in [0.1, 0.15) is 23.7 Å². The van der Waals surface area contributed by atoms with Crippen LogP contribution < -0.4 is 15.5 Å². The molecule has 10 heteroatoms. The first-order valence-corrected chi connectivity index (χ1v) is 8.81. The third kappa shape index (κ3) is 5.88. The first-order valence-electron chi connectivity index (χ1n) is 8.01. The lowest BCUT2D eigenvalue weighted by Gasteiger charge is -2.08. The van der Waals surface area contributed by atoms with Gasteiger partial charge in [-0.2, -0.15) is 5.10 Å². The lowest BCUT2D eigenvalue weighted by Crippen LogP contribution is -2.21. The second-order valence-electron chi connectivity index (χ2n) is 5.66. The molecule has 0 bridgehead atoms. The molecule has 2 amide bonds. The van der Waals surface area contributed by atoms with Crippen LogP contribution in [0, 0.1) is 10.1 Å². The van der Waals surface area contributed by atoms with Gasteiger partial charge in [0.25, 0.3) is 11.6 Å². The number of anilines is 1. The van der Waals surface area contributed by atoms with Gasteiger partial charge in [-0.1, -0.05) is 15.9 Å². The highest BCUT2D eigenvalue weighted by atomic mass is 79.9. The number of hydrogen-bond donors (Lipinski definition) is 2. The van der Waals surface area contributed by atoms with Crippen LogP contribution in [0.15, 0.2) is 52.0 Å². The van der Waals surface area contributed by atoms with Crippen LogP contribution in [-0.4, -0.2) is 29.6 Å². The Morgan fingerprint density at radius 1 is 1.21 bits per heavy atom. The molecule has 0 spiro atoms. The zero-order valence-electron chi connectivity index (χ0n) is 15.1. The average Bonchev–Trinajstić information content (AvgIpc) is 2.66. The first kappa shape index (κ1) is 21.0. The predicted octanol–water partition coefficient (Wildman–Crippen LogP) is 3.50. The molecule has 2 N–H and O–H groups in total. The van der Waals surface area contributed by atoms with Crippen molar-refractivity contribution < 1.29 is 19.2 Å². The average molecular weight is 449 g/mol. The molecule has 0 aliphatic rings. The summed E-state index contributed by atoms with van der Waals surface area (Å²) in [5.74, 6) is -0.622. The lowest BCUT2D eigenvalue weighted by molar-refractivity contribution is -0.384. The number of benzene rings is 2. The zero-order chi connectivity index (χ0) is 20.7. The SMILES string of the molecule is COc1ccc(NC(=O)C/C(C)=N/NC(=O)c2ccc(Br)cc2)c([N+](=O)[O-])c1. The second-order valence-corrected chi connectivity index (χ2v) is 6.58. The molecule has 2 aromatic carbocycles. The Morgan fingerprint density at radius 2 is 1.89 bits per heavy atom. The van der Waals surface area contributed by atoms with Gasteiger partial charge in [0.1, 0.15) is 11.4 Å². The second kappa shape index (κ2) is 9.60. The van der Waals surface area contributed by atoms with Crippen LogP contribution >= 0.6 is 15.9 Å². The monoisotopic (exact) mass is 448 g/mol. The molecule has 0 fully saturated rings. The van der Waals surface area contributed by atoms with Crippen molar-refractivity contribution in [3.8, 4) is 5.75 Å². The van der Waals surface area contributed by atoms with Gasteiger partial charge in [0.2, 0.25) is 5.91 Å². The normalized spacial score (nSPS) is 10.9. The zero-order valence-corrected chi connectivity index (χ0v) is 16.6. The molecule has 0 aromatic heterocycles. The van der Waals surface area contributed by atoms with Crippen LogP contribution in [0.2, 0.25) is 0 Å². The fourth-order valence-corrected chi connectivity index (χ4v) is 2.44. The fourth-order valence-electron chi connectivity index (χ4n) is 2.17. The molecule has 0 aliphatic heterocycles. The van der Waals surface area contributed by atoms with E-state index in [4.69, 9.17) is 4.74 Å². The van der Waals surface area contributed by atoms with Crippen molar-refractivity contribution in [2.75, 3.05) is 12.4 Å². The minimum absolute atomic E-state index is 0.0440. The Hall–Kier alpha value is -3.27. The molecule has 0 heterocycles. The summed E-state index contributed by atoms with van der Waals surface area (Å²) in [7, 11) is 1.39. The van der Waals surface area contributed by atoms with Crippen LogP contribution in [0.25, 0.3) is 0 Å². The quantitative estimate of drug-likeness (QED) is 0.381. The van der Waals surface area contributed by atoms with Crippen LogP contribution in [-0.2, 0) is 4.79 Å². The number of nitro groups is 1. The number of ether oxygens (including phenoxy) is 1. The maximum Gasteiger partial charge on any atom is 0.296 e. The largest absolute Gasteiger partial charge is 0.496 e. The standard InChI is InChI=1S/C18H17BrN4O5/c1-11(21-22-18(25)12-3-5-13(19)6-4-12)9-17(24)20-15-8-7-14(28-2)10-16(15)23(26)27/h3-8,10H,9H2,1-2H3,(H,20,24)(H,22,25)/b21-11+. The van der Waals surface area contributed by atoms with Gasteiger partial charge in [0, 0.05) is 15.7 Å². The Bertz CT molecular complexity index is 928. The van der Waals surface area contributed by atoms with E-state index < -0.39 is 16.7 Å². The van der Waals surface area contributed by atoms with Gasteiger partial charge in [-0.3, -0.25) is 19.7 Å². The Morgan fingerprint density at radius 3 is 2.50 bits per heavy atom. The van der Waals surface area contributed by atoms with Crippen molar-refractivity contribution in [3.63, 3.8) is 0 Å². The molecular weight excluding hydrogens is 432 g/mol.